The van der Waals surface area contributed by atoms with E-state index in [1.165, 1.54) is 11.8 Å². The molecule has 0 aromatic carbocycles. The molecule has 0 spiro atoms. The van der Waals surface area contributed by atoms with Gasteiger partial charge in [0, 0.05) is 12.7 Å². The summed E-state index contributed by atoms with van der Waals surface area (Å²) in [6.07, 6.45) is 3.41. The van der Waals surface area contributed by atoms with Crippen LogP contribution >= 0.6 is 11.8 Å². The maximum Gasteiger partial charge on any atom is 0.262 e. The molecule has 2 aromatic rings. The minimum Gasteiger partial charge on any atom is -0.439 e. The molecule has 0 unspecified atom stereocenters. The smallest absolute Gasteiger partial charge is 0.262 e. The van der Waals surface area contributed by atoms with Crippen LogP contribution in [0.2, 0.25) is 0 Å². The lowest BCUT2D eigenvalue weighted by atomic mass is 10.2. The average molecular weight is 235 g/mol. The minimum absolute atomic E-state index is 0.511. The van der Waals surface area contributed by atoms with Crippen molar-refractivity contribution in [2.24, 2.45) is 5.73 Å². The van der Waals surface area contributed by atoms with E-state index in [1.807, 2.05) is 19.9 Å². The van der Waals surface area contributed by atoms with Crippen molar-refractivity contribution < 1.29 is 4.42 Å². The summed E-state index contributed by atoms with van der Waals surface area (Å²) in [6, 6.07) is 2.03. The van der Waals surface area contributed by atoms with Gasteiger partial charge in [0.25, 0.3) is 5.22 Å². The summed E-state index contributed by atoms with van der Waals surface area (Å²) in [5.74, 6) is 0. The topological polar surface area (TPSA) is 64.9 Å². The van der Waals surface area contributed by atoms with Gasteiger partial charge in [0.15, 0.2) is 0 Å². The van der Waals surface area contributed by atoms with E-state index in [0.29, 0.717) is 11.8 Å². The minimum atomic E-state index is 0.511. The Hall–Kier alpha value is -1.33. The molecule has 0 aliphatic rings. The van der Waals surface area contributed by atoms with Gasteiger partial charge < -0.3 is 10.2 Å². The number of rotatable bonds is 3. The van der Waals surface area contributed by atoms with Gasteiger partial charge in [-0.1, -0.05) is 6.07 Å². The zero-order valence-electron chi connectivity index (χ0n) is 9.23. The SMILES string of the molecule is Cc1coc(Sc2ncc(CN)cc2C)n1. The Balaban J connectivity index is 2.21. The van der Waals surface area contributed by atoms with E-state index in [0.717, 1.165) is 21.8 Å². The third-order valence-electron chi connectivity index (χ3n) is 2.10. The van der Waals surface area contributed by atoms with Crippen molar-refractivity contribution in [3.05, 3.63) is 35.3 Å². The Morgan fingerprint density at radius 3 is 2.81 bits per heavy atom. The monoisotopic (exact) mass is 235 g/mol. The molecule has 2 rings (SSSR count). The standard InChI is InChI=1S/C11H13N3OS/c1-7-3-9(4-12)5-13-10(7)16-11-14-8(2)6-15-11/h3,5-6H,4,12H2,1-2H3. The van der Waals surface area contributed by atoms with Gasteiger partial charge in [0.1, 0.15) is 11.3 Å². The number of aryl methyl sites for hydroxylation is 2. The van der Waals surface area contributed by atoms with E-state index in [1.54, 1.807) is 12.5 Å². The van der Waals surface area contributed by atoms with Crippen LogP contribution in [-0.4, -0.2) is 9.97 Å². The number of nitrogens with zero attached hydrogens (tertiary/aromatic N) is 2. The molecule has 5 heteroatoms. The zero-order valence-corrected chi connectivity index (χ0v) is 10.0. The van der Waals surface area contributed by atoms with E-state index in [4.69, 9.17) is 10.2 Å². The van der Waals surface area contributed by atoms with Gasteiger partial charge in [-0.15, -0.1) is 0 Å². The normalized spacial score (nSPS) is 10.7. The van der Waals surface area contributed by atoms with Crippen LogP contribution in [0.1, 0.15) is 16.8 Å². The molecule has 4 nitrogen and oxygen atoms in total. The lowest BCUT2D eigenvalue weighted by Crippen LogP contribution is -1.98. The van der Waals surface area contributed by atoms with Crippen molar-refractivity contribution in [2.75, 3.05) is 0 Å². The number of pyridine rings is 1. The molecule has 84 valence electrons. The van der Waals surface area contributed by atoms with Gasteiger partial charge in [0.2, 0.25) is 0 Å². The van der Waals surface area contributed by atoms with Crippen LogP contribution in [0.15, 0.2) is 33.2 Å². The fraction of sp³-hybridized carbons (Fsp3) is 0.273. The summed E-state index contributed by atoms with van der Waals surface area (Å²) < 4.78 is 5.27. The summed E-state index contributed by atoms with van der Waals surface area (Å²) >= 11 is 1.42. The highest BCUT2D eigenvalue weighted by Crippen LogP contribution is 2.27. The fourth-order valence-corrected chi connectivity index (χ4v) is 2.08. The Bertz CT molecular complexity index is 496. The van der Waals surface area contributed by atoms with Crippen molar-refractivity contribution >= 4 is 11.8 Å². The lowest BCUT2D eigenvalue weighted by Gasteiger charge is -2.03. The third-order valence-corrected chi connectivity index (χ3v) is 3.09. The first kappa shape index (κ1) is 11.2. The molecule has 0 radical (unpaired) electrons. The van der Waals surface area contributed by atoms with Crippen LogP contribution in [0.4, 0.5) is 0 Å². The van der Waals surface area contributed by atoms with Gasteiger partial charge in [-0.3, -0.25) is 0 Å². The highest BCUT2D eigenvalue weighted by molar-refractivity contribution is 7.99. The van der Waals surface area contributed by atoms with E-state index in [2.05, 4.69) is 9.97 Å². The van der Waals surface area contributed by atoms with Gasteiger partial charge in [-0.2, -0.15) is 0 Å². The van der Waals surface area contributed by atoms with Gasteiger partial charge in [0.05, 0.1) is 5.69 Å². The van der Waals surface area contributed by atoms with Crippen molar-refractivity contribution in [1.29, 1.82) is 0 Å². The summed E-state index contributed by atoms with van der Waals surface area (Å²) in [6.45, 7) is 4.41. The zero-order chi connectivity index (χ0) is 11.5. The molecule has 2 heterocycles. The van der Waals surface area contributed by atoms with Crippen LogP contribution in [0.3, 0.4) is 0 Å². The summed E-state index contributed by atoms with van der Waals surface area (Å²) in [4.78, 5) is 8.56. The summed E-state index contributed by atoms with van der Waals surface area (Å²) in [5.41, 5.74) is 8.54. The highest BCUT2D eigenvalue weighted by Gasteiger charge is 2.07. The molecule has 0 atom stereocenters. The molecule has 2 N–H and O–H groups in total. The number of aromatic nitrogens is 2. The Morgan fingerprint density at radius 1 is 1.44 bits per heavy atom. The first-order valence-corrected chi connectivity index (χ1v) is 5.76. The first-order chi connectivity index (χ1) is 7.69. The second-order valence-electron chi connectivity index (χ2n) is 3.53. The first-order valence-electron chi connectivity index (χ1n) is 4.94. The second-order valence-corrected chi connectivity index (χ2v) is 4.47. The van der Waals surface area contributed by atoms with Crippen LogP contribution in [0.5, 0.6) is 0 Å². The molecule has 0 aliphatic carbocycles. The van der Waals surface area contributed by atoms with Crippen molar-refractivity contribution in [3.8, 4) is 0 Å². The predicted molar refractivity (Wildman–Crippen MR) is 62.2 cm³/mol. The number of oxazole rings is 1. The predicted octanol–water partition coefficient (Wildman–Crippen LogP) is 2.30. The van der Waals surface area contributed by atoms with Crippen LogP contribution < -0.4 is 5.73 Å². The third kappa shape index (κ3) is 2.43. The van der Waals surface area contributed by atoms with E-state index >= 15 is 0 Å². The second kappa shape index (κ2) is 4.67. The molecule has 2 aromatic heterocycles. The largest absolute Gasteiger partial charge is 0.439 e. The molecule has 0 amide bonds. The molecular weight excluding hydrogens is 222 g/mol. The Morgan fingerprint density at radius 2 is 2.25 bits per heavy atom. The summed E-state index contributed by atoms with van der Waals surface area (Å²) in [7, 11) is 0. The molecule has 0 aliphatic heterocycles. The molecule has 0 saturated carbocycles. The molecule has 0 saturated heterocycles. The molecule has 0 fully saturated rings. The molecule has 0 bridgehead atoms. The lowest BCUT2D eigenvalue weighted by molar-refractivity contribution is 0.453. The molecular formula is C11H13N3OS. The number of nitrogens with two attached hydrogens (primary N) is 1. The van der Waals surface area contributed by atoms with Crippen molar-refractivity contribution in [1.82, 2.24) is 9.97 Å². The highest BCUT2D eigenvalue weighted by atomic mass is 32.2. The Kier molecular flexibility index (Phi) is 3.26. The number of hydrogen-bond donors (Lipinski definition) is 1. The van der Waals surface area contributed by atoms with Gasteiger partial charge in [-0.25, -0.2) is 9.97 Å². The van der Waals surface area contributed by atoms with Gasteiger partial charge in [-0.05, 0) is 36.7 Å². The number of hydrogen-bond acceptors (Lipinski definition) is 5. The fourth-order valence-electron chi connectivity index (χ4n) is 1.30. The van der Waals surface area contributed by atoms with Crippen LogP contribution in [-0.2, 0) is 6.54 Å². The van der Waals surface area contributed by atoms with Crippen LogP contribution in [0, 0.1) is 13.8 Å². The maximum atomic E-state index is 5.55. The molecule has 16 heavy (non-hydrogen) atoms. The quantitative estimate of drug-likeness (QED) is 0.884. The van der Waals surface area contributed by atoms with E-state index in [-0.39, 0.29) is 0 Å². The van der Waals surface area contributed by atoms with Crippen molar-refractivity contribution in [3.63, 3.8) is 0 Å². The average Bonchev–Trinajstić information content (AvgIpc) is 2.67. The van der Waals surface area contributed by atoms with Crippen molar-refractivity contribution in [2.45, 2.75) is 30.6 Å². The van der Waals surface area contributed by atoms with E-state index < -0.39 is 0 Å². The van der Waals surface area contributed by atoms with E-state index in [9.17, 15) is 0 Å². The maximum absolute atomic E-state index is 5.55. The summed E-state index contributed by atoms with van der Waals surface area (Å²) in [5, 5.41) is 1.52. The Labute approximate surface area is 98.3 Å². The van der Waals surface area contributed by atoms with Crippen LogP contribution in [0.25, 0.3) is 0 Å². The van der Waals surface area contributed by atoms with Gasteiger partial charge >= 0.3 is 0 Å².